The zero-order chi connectivity index (χ0) is 14.1. The van der Waals surface area contributed by atoms with Crippen LogP contribution in [0.1, 0.15) is 23.9 Å². The molecule has 0 saturated carbocycles. The van der Waals surface area contributed by atoms with Gasteiger partial charge in [0.2, 0.25) is 0 Å². The maximum Gasteiger partial charge on any atom is 0.144 e. The molecule has 1 aliphatic heterocycles. The van der Waals surface area contributed by atoms with Crippen molar-refractivity contribution in [3.05, 3.63) is 46.2 Å². The summed E-state index contributed by atoms with van der Waals surface area (Å²) in [5.74, 6) is 1.35. The summed E-state index contributed by atoms with van der Waals surface area (Å²) in [6.07, 6.45) is 2.17. The van der Waals surface area contributed by atoms with Crippen LogP contribution < -0.4 is 0 Å². The Balaban J connectivity index is 2.07. The largest absolute Gasteiger partial charge is 0.219 e. The van der Waals surface area contributed by atoms with Crippen LogP contribution in [0.4, 0.5) is 4.39 Å². The molecule has 0 N–H and O–H groups in total. The SMILES string of the molecule is Fc1ccccc1-c1c(Cl)nc(C2CCCS2)nc1Cl. The molecule has 104 valence electrons. The van der Waals surface area contributed by atoms with Gasteiger partial charge in [0.25, 0.3) is 0 Å². The van der Waals surface area contributed by atoms with Crippen molar-refractivity contribution >= 4 is 35.0 Å². The fraction of sp³-hybridized carbons (Fsp3) is 0.286. The summed E-state index contributed by atoms with van der Waals surface area (Å²) >= 11 is 14.2. The minimum Gasteiger partial charge on any atom is -0.219 e. The summed E-state index contributed by atoms with van der Waals surface area (Å²) in [7, 11) is 0. The molecule has 0 amide bonds. The molecule has 1 aromatic carbocycles. The zero-order valence-corrected chi connectivity index (χ0v) is 12.8. The van der Waals surface area contributed by atoms with E-state index in [1.165, 1.54) is 6.07 Å². The Hall–Kier alpha value is -0.840. The van der Waals surface area contributed by atoms with Crippen LogP contribution in [0.5, 0.6) is 0 Å². The van der Waals surface area contributed by atoms with Gasteiger partial charge in [-0.15, -0.1) is 0 Å². The molecule has 1 fully saturated rings. The first kappa shape index (κ1) is 14.1. The fourth-order valence-corrected chi connectivity index (χ4v) is 4.04. The number of nitrogens with zero attached hydrogens (tertiary/aromatic N) is 2. The lowest BCUT2D eigenvalue weighted by molar-refractivity contribution is 0.631. The summed E-state index contributed by atoms with van der Waals surface area (Å²) in [4.78, 5) is 8.63. The van der Waals surface area contributed by atoms with Crippen molar-refractivity contribution in [2.75, 3.05) is 5.75 Å². The lowest BCUT2D eigenvalue weighted by Gasteiger charge is -2.12. The molecule has 1 unspecified atom stereocenters. The first-order chi connectivity index (χ1) is 9.66. The van der Waals surface area contributed by atoms with Crippen molar-refractivity contribution in [2.24, 2.45) is 0 Å². The highest BCUT2D eigenvalue weighted by molar-refractivity contribution is 7.99. The van der Waals surface area contributed by atoms with Gasteiger partial charge in [-0.3, -0.25) is 0 Å². The molecule has 1 aliphatic rings. The number of benzene rings is 1. The molecule has 0 aliphatic carbocycles. The van der Waals surface area contributed by atoms with Gasteiger partial charge < -0.3 is 0 Å². The monoisotopic (exact) mass is 328 g/mol. The second-order valence-corrected chi connectivity index (χ2v) is 6.55. The molecule has 0 bridgehead atoms. The summed E-state index contributed by atoms with van der Waals surface area (Å²) in [5, 5.41) is 0.648. The van der Waals surface area contributed by atoms with Gasteiger partial charge in [0.15, 0.2) is 0 Å². The topological polar surface area (TPSA) is 25.8 Å². The van der Waals surface area contributed by atoms with Crippen LogP contribution in [0.2, 0.25) is 10.3 Å². The number of aromatic nitrogens is 2. The standard InChI is InChI=1S/C14H11Cl2FN2S/c15-12-11(8-4-1-2-5-9(8)17)13(16)19-14(18-12)10-6-3-7-20-10/h1-2,4-5,10H,3,6-7H2. The number of thioether (sulfide) groups is 1. The van der Waals surface area contributed by atoms with Gasteiger partial charge in [-0.25, -0.2) is 14.4 Å². The Morgan fingerprint density at radius 2 is 1.85 bits per heavy atom. The normalized spacial score (nSPS) is 18.4. The van der Waals surface area contributed by atoms with E-state index in [1.54, 1.807) is 30.0 Å². The van der Waals surface area contributed by atoms with Gasteiger partial charge in [-0.2, -0.15) is 11.8 Å². The average molecular weight is 329 g/mol. The Kier molecular flexibility index (Phi) is 4.15. The van der Waals surface area contributed by atoms with Crippen LogP contribution in [0.15, 0.2) is 24.3 Å². The maximum absolute atomic E-state index is 13.9. The van der Waals surface area contributed by atoms with Gasteiger partial charge >= 0.3 is 0 Å². The van der Waals surface area contributed by atoms with E-state index in [0.29, 0.717) is 17.0 Å². The number of halogens is 3. The predicted molar refractivity (Wildman–Crippen MR) is 81.9 cm³/mol. The van der Waals surface area contributed by atoms with Gasteiger partial charge in [-0.1, -0.05) is 41.4 Å². The van der Waals surface area contributed by atoms with E-state index in [0.717, 1.165) is 18.6 Å². The summed E-state index contributed by atoms with van der Waals surface area (Å²) in [6, 6.07) is 6.33. The third-order valence-electron chi connectivity index (χ3n) is 3.20. The highest BCUT2D eigenvalue weighted by atomic mass is 35.5. The van der Waals surface area contributed by atoms with Crippen LogP contribution >= 0.6 is 35.0 Å². The molecule has 20 heavy (non-hydrogen) atoms. The van der Waals surface area contributed by atoms with E-state index in [1.807, 2.05) is 0 Å². The maximum atomic E-state index is 13.9. The smallest absolute Gasteiger partial charge is 0.144 e. The van der Waals surface area contributed by atoms with Crippen molar-refractivity contribution in [3.63, 3.8) is 0 Å². The van der Waals surface area contributed by atoms with Crippen molar-refractivity contribution < 1.29 is 4.39 Å². The van der Waals surface area contributed by atoms with Gasteiger partial charge in [0.1, 0.15) is 21.9 Å². The van der Waals surface area contributed by atoms with E-state index >= 15 is 0 Å². The molecule has 2 nitrogen and oxygen atoms in total. The highest BCUT2D eigenvalue weighted by Crippen LogP contribution is 2.41. The fourth-order valence-electron chi connectivity index (χ4n) is 2.23. The van der Waals surface area contributed by atoms with Crippen LogP contribution in [-0.4, -0.2) is 15.7 Å². The second-order valence-electron chi connectivity index (χ2n) is 4.52. The molecule has 2 aromatic rings. The molecular weight excluding hydrogens is 318 g/mol. The molecule has 2 heterocycles. The van der Waals surface area contributed by atoms with E-state index in [2.05, 4.69) is 9.97 Å². The molecule has 1 aromatic heterocycles. The van der Waals surface area contributed by atoms with E-state index in [-0.39, 0.29) is 21.4 Å². The number of hydrogen-bond donors (Lipinski definition) is 0. The minimum atomic E-state index is -0.386. The van der Waals surface area contributed by atoms with Crippen molar-refractivity contribution in [1.29, 1.82) is 0 Å². The van der Waals surface area contributed by atoms with Crippen molar-refractivity contribution in [2.45, 2.75) is 18.1 Å². The lowest BCUT2D eigenvalue weighted by Crippen LogP contribution is -2.01. The van der Waals surface area contributed by atoms with Crippen molar-refractivity contribution in [3.8, 4) is 11.1 Å². The second kappa shape index (κ2) is 5.88. The van der Waals surface area contributed by atoms with Gasteiger partial charge in [0, 0.05) is 5.56 Å². The molecule has 6 heteroatoms. The van der Waals surface area contributed by atoms with Crippen molar-refractivity contribution in [1.82, 2.24) is 9.97 Å². The summed E-state index contributed by atoms with van der Waals surface area (Å²) in [6.45, 7) is 0. The molecular formula is C14H11Cl2FN2S. The summed E-state index contributed by atoms with van der Waals surface area (Å²) in [5.41, 5.74) is 0.686. The lowest BCUT2D eigenvalue weighted by atomic mass is 10.1. The quantitative estimate of drug-likeness (QED) is 0.712. The Morgan fingerprint density at radius 3 is 2.45 bits per heavy atom. The number of rotatable bonds is 2. The molecule has 1 saturated heterocycles. The Bertz CT molecular complexity index is 622. The Morgan fingerprint density at radius 1 is 1.15 bits per heavy atom. The van der Waals surface area contributed by atoms with Gasteiger partial charge in [0.05, 0.1) is 10.8 Å². The van der Waals surface area contributed by atoms with E-state index in [4.69, 9.17) is 23.2 Å². The highest BCUT2D eigenvalue weighted by Gasteiger charge is 2.24. The third kappa shape index (κ3) is 2.65. The van der Waals surface area contributed by atoms with E-state index < -0.39 is 0 Å². The van der Waals surface area contributed by atoms with Gasteiger partial charge in [-0.05, 0) is 24.7 Å². The van der Waals surface area contributed by atoms with Crippen LogP contribution in [0, 0.1) is 5.82 Å². The number of hydrogen-bond acceptors (Lipinski definition) is 3. The first-order valence-corrected chi connectivity index (χ1v) is 8.06. The predicted octanol–water partition coefficient (Wildman–Crippen LogP) is 5.16. The van der Waals surface area contributed by atoms with Crippen LogP contribution in [0.3, 0.4) is 0 Å². The Labute approximate surface area is 130 Å². The molecule has 0 spiro atoms. The zero-order valence-electron chi connectivity index (χ0n) is 10.4. The molecule has 1 atom stereocenters. The molecule has 0 radical (unpaired) electrons. The van der Waals surface area contributed by atoms with E-state index in [9.17, 15) is 4.39 Å². The first-order valence-electron chi connectivity index (χ1n) is 6.26. The third-order valence-corrected chi connectivity index (χ3v) is 5.12. The molecule has 3 rings (SSSR count). The van der Waals surface area contributed by atoms with Crippen LogP contribution in [0.25, 0.3) is 11.1 Å². The minimum absolute atomic E-state index is 0.206. The average Bonchev–Trinajstić information content (AvgIpc) is 2.94. The van der Waals surface area contributed by atoms with Crippen LogP contribution in [-0.2, 0) is 0 Å². The summed E-state index contributed by atoms with van der Waals surface area (Å²) < 4.78 is 13.9.